The van der Waals surface area contributed by atoms with Gasteiger partial charge in [-0.2, -0.15) is 0 Å². The summed E-state index contributed by atoms with van der Waals surface area (Å²) in [5, 5.41) is 10.9. The molecule has 0 amide bonds. The van der Waals surface area contributed by atoms with E-state index >= 15 is 0 Å². The number of hydrogen-bond donors (Lipinski definition) is 1. The summed E-state index contributed by atoms with van der Waals surface area (Å²) < 4.78 is 39.8. The van der Waals surface area contributed by atoms with Crippen LogP contribution in [0.4, 0.5) is 15.8 Å². The van der Waals surface area contributed by atoms with Crippen LogP contribution < -0.4 is 4.72 Å². The number of benzene rings is 2. The molecule has 0 aromatic heterocycles. The van der Waals surface area contributed by atoms with E-state index in [1.807, 2.05) is 0 Å². The van der Waals surface area contributed by atoms with Crippen LogP contribution in [0.25, 0.3) is 0 Å². The molecule has 8 heteroatoms. The predicted molar refractivity (Wildman–Crippen MR) is 84.2 cm³/mol. The maximum absolute atomic E-state index is 12.9. The van der Waals surface area contributed by atoms with Gasteiger partial charge in [-0.05, 0) is 42.3 Å². The number of halogens is 1. The monoisotopic (exact) mass is 336 g/mol. The minimum absolute atomic E-state index is 0.0865. The van der Waals surface area contributed by atoms with E-state index < -0.39 is 20.8 Å². The van der Waals surface area contributed by atoms with E-state index in [1.165, 1.54) is 12.1 Å². The number of non-ortho nitro benzene ring substituents is 1. The van der Waals surface area contributed by atoms with Gasteiger partial charge in [0.1, 0.15) is 5.82 Å². The molecule has 0 fully saturated rings. The lowest BCUT2D eigenvalue weighted by Crippen LogP contribution is -2.14. The van der Waals surface area contributed by atoms with E-state index in [2.05, 4.69) is 11.3 Å². The maximum atomic E-state index is 12.9. The van der Waals surface area contributed by atoms with Crippen LogP contribution in [0.15, 0.2) is 60.0 Å². The molecule has 0 saturated carbocycles. The van der Waals surface area contributed by atoms with Crippen molar-refractivity contribution in [2.24, 2.45) is 0 Å². The molecule has 0 saturated heterocycles. The summed E-state index contributed by atoms with van der Waals surface area (Å²) >= 11 is 0. The van der Waals surface area contributed by atoms with E-state index in [-0.39, 0.29) is 16.3 Å². The van der Waals surface area contributed by atoms with Crippen molar-refractivity contribution in [2.45, 2.75) is 11.3 Å². The summed E-state index contributed by atoms with van der Waals surface area (Å²) in [6.45, 7) is 3.57. The number of nitrogens with zero attached hydrogens (tertiary/aromatic N) is 1. The zero-order valence-electron chi connectivity index (χ0n) is 11.9. The fraction of sp³-hybridized carbons (Fsp3) is 0.0667. The molecular formula is C15H13FN2O4S. The molecule has 0 radical (unpaired) electrons. The van der Waals surface area contributed by atoms with Crippen molar-refractivity contribution in [1.29, 1.82) is 0 Å². The van der Waals surface area contributed by atoms with Crippen molar-refractivity contribution < 1.29 is 17.7 Å². The van der Waals surface area contributed by atoms with Gasteiger partial charge in [0.2, 0.25) is 0 Å². The molecular weight excluding hydrogens is 323 g/mol. The van der Waals surface area contributed by atoms with Crippen LogP contribution in [-0.4, -0.2) is 13.3 Å². The Bertz CT molecular complexity index is 848. The van der Waals surface area contributed by atoms with Crippen molar-refractivity contribution in [3.63, 3.8) is 0 Å². The van der Waals surface area contributed by atoms with Gasteiger partial charge in [-0.25, -0.2) is 12.8 Å². The number of allylic oxidation sites excluding steroid dienone is 1. The van der Waals surface area contributed by atoms with Crippen LogP contribution >= 0.6 is 0 Å². The molecule has 0 aliphatic rings. The molecule has 6 nitrogen and oxygen atoms in total. The van der Waals surface area contributed by atoms with Gasteiger partial charge in [0.15, 0.2) is 0 Å². The number of rotatable bonds is 6. The first-order chi connectivity index (χ1) is 10.8. The minimum Gasteiger partial charge on any atom is -0.279 e. The molecule has 2 aromatic rings. The van der Waals surface area contributed by atoms with E-state index in [4.69, 9.17) is 0 Å². The third-order valence-corrected chi connectivity index (χ3v) is 4.42. The van der Waals surface area contributed by atoms with E-state index in [0.717, 1.165) is 30.3 Å². The van der Waals surface area contributed by atoms with Gasteiger partial charge in [-0.15, -0.1) is 6.58 Å². The number of nitrogens with one attached hydrogen (secondary N) is 1. The quantitative estimate of drug-likeness (QED) is 0.498. The van der Waals surface area contributed by atoms with Gasteiger partial charge in [-0.3, -0.25) is 14.8 Å². The van der Waals surface area contributed by atoms with Gasteiger partial charge >= 0.3 is 0 Å². The number of hydrogen-bond acceptors (Lipinski definition) is 4. The van der Waals surface area contributed by atoms with Gasteiger partial charge in [-0.1, -0.05) is 6.08 Å². The Kier molecular flexibility index (Phi) is 4.75. The Morgan fingerprint density at radius 3 is 2.43 bits per heavy atom. The summed E-state index contributed by atoms with van der Waals surface area (Å²) in [5.41, 5.74) is 0.384. The Hall–Kier alpha value is -2.74. The first-order valence-electron chi connectivity index (χ1n) is 6.50. The van der Waals surface area contributed by atoms with Crippen molar-refractivity contribution in [3.8, 4) is 0 Å². The molecule has 2 rings (SSSR count). The average Bonchev–Trinajstić information content (AvgIpc) is 2.49. The summed E-state index contributed by atoms with van der Waals surface area (Å²) in [6.07, 6.45) is 1.89. The molecule has 0 atom stereocenters. The van der Waals surface area contributed by atoms with Crippen molar-refractivity contribution in [3.05, 3.63) is 76.6 Å². The molecule has 0 aliphatic carbocycles. The lowest BCUT2D eigenvalue weighted by atomic mass is 10.1. The minimum atomic E-state index is -3.99. The second kappa shape index (κ2) is 6.57. The molecule has 0 unspecified atom stereocenters. The standard InChI is InChI=1S/C15H13FN2O4S/c1-2-3-11-4-7-13(18(19)20)10-15(11)17-23(21,22)14-8-5-12(16)6-9-14/h2,4-10,17H,1,3H2. The van der Waals surface area contributed by atoms with Crippen LogP contribution in [0.3, 0.4) is 0 Å². The van der Waals surface area contributed by atoms with Gasteiger partial charge in [0, 0.05) is 12.1 Å². The molecule has 2 aromatic carbocycles. The second-order valence-electron chi connectivity index (χ2n) is 4.65. The summed E-state index contributed by atoms with van der Waals surface area (Å²) in [4.78, 5) is 10.1. The first kappa shape index (κ1) is 16.6. The predicted octanol–water partition coefficient (Wildman–Crippen LogP) is 3.26. The number of anilines is 1. The summed E-state index contributed by atoms with van der Waals surface area (Å²) in [7, 11) is -3.99. The van der Waals surface area contributed by atoms with Gasteiger partial charge in [0.25, 0.3) is 15.7 Å². The van der Waals surface area contributed by atoms with Crippen molar-refractivity contribution >= 4 is 21.4 Å². The fourth-order valence-electron chi connectivity index (χ4n) is 1.92. The van der Waals surface area contributed by atoms with E-state index in [9.17, 15) is 22.9 Å². The van der Waals surface area contributed by atoms with Crippen LogP contribution in [0.5, 0.6) is 0 Å². The molecule has 120 valence electrons. The number of sulfonamides is 1. The van der Waals surface area contributed by atoms with E-state index in [1.54, 1.807) is 6.08 Å². The number of nitro groups is 1. The normalized spacial score (nSPS) is 11.0. The number of nitro benzene ring substituents is 1. The zero-order valence-corrected chi connectivity index (χ0v) is 12.7. The Morgan fingerprint density at radius 2 is 1.87 bits per heavy atom. The Balaban J connectivity index is 2.44. The molecule has 23 heavy (non-hydrogen) atoms. The zero-order chi connectivity index (χ0) is 17.0. The lowest BCUT2D eigenvalue weighted by Gasteiger charge is -2.12. The van der Waals surface area contributed by atoms with Crippen LogP contribution in [0.1, 0.15) is 5.56 Å². The summed E-state index contributed by atoms with van der Waals surface area (Å²) in [6, 6.07) is 8.15. The molecule has 0 spiro atoms. The molecule has 0 heterocycles. The van der Waals surface area contributed by atoms with Crippen LogP contribution in [0, 0.1) is 15.9 Å². The smallest absolute Gasteiger partial charge is 0.271 e. The third-order valence-electron chi connectivity index (χ3n) is 3.04. The molecule has 0 aliphatic heterocycles. The Morgan fingerprint density at radius 1 is 1.22 bits per heavy atom. The second-order valence-corrected chi connectivity index (χ2v) is 6.33. The van der Waals surface area contributed by atoms with Crippen molar-refractivity contribution in [1.82, 2.24) is 0 Å². The highest BCUT2D eigenvalue weighted by atomic mass is 32.2. The highest BCUT2D eigenvalue weighted by molar-refractivity contribution is 7.92. The van der Waals surface area contributed by atoms with Crippen LogP contribution in [-0.2, 0) is 16.4 Å². The maximum Gasteiger partial charge on any atom is 0.271 e. The molecule has 1 N–H and O–H groups in total. The van der Waals surface area contributed by atoms with Gasteiger partial charge < -0.3 is 0 Å². The SMILES string of the molecule is C=CCc1ccc([N+](=O)[O-])cc1NS(=O)(=O)c1ccc(F)cc1. The highest BCUT2D eigenvalue weighted by Gasteiger charge is 2.18. The van der Waals surface area contributed by atoms with E-state index in [0.29, 0.717) is 12.0 Å². The first-order valence-corrected chi connectivity index (χ1v) is 7.98. The fourth-order valence-corrected chi connectivity index (χ4v) is 3.02. The average molecular weight is 336 g/mol. The lowest BCUT2D eigenvalue weighted by molar-refractivity contribution is -0.384. The van der Waals surface area contributed by atoms with Crippen molar-refractivity contribution in [2.75, 3.05) is 4.72 Å². The summed E-state index contributed by atoms with van der Waals surface area (Å²) in [5.74, 6) is -0.563. The van der Waals surface area contributed by atoms with Gasteiger partial charge in [0.05, 0.1) is 15.5 Å². The third kappa shape index (κ3) is 3.92. The molecule has 0 bridgehead atoms. The topological polar surface area (TPSA) is 89.3 Å². The van der Waals surface area contributed by atoms with Crippen LogP contribution in [0.2, 0.25) is 0 Å². The Labute approximate surface area is 132 Å². The highest BCUT2D eigenvalue weighted by Crippen LogP contribution is 2.26. The largest absolute Gasteiger partial charge is 0.279 e.